The molecule has 180 valence electrons. The summed E-state index contributed by atoms with van der Waals surface area (Å²) in [7, 11) is 6.21. The number of nitriles is 1. The van der Waals surface area contributed by atoms with Gasteiger partial charge in [0.2, 0.25) is 0 Å². The maximum Gasteiger partial charge on any atom is 0.162 e. The summed E-state index contributed by atoms with van der Waals surface area (Å²) in [6.07, 6.45) is 0. The molecule has 2 aromatic carbocycles. The van der Waals surface area contributed by atoms with Crippen molar-refractivity contribution in [3.8, 4) is 29.1 Å². The average Bonchev–Trinajstić information content (AvgIpc) is 3.38. The van der Waals surface area contributed by atoms with Gasteiger partial charge >= 0.3 is 0 Å². The number of anilines is 2. The standard InChI is InChI=1S/C11H15N3O2.C9H10N2O2.C2H8N2/c1-15-9-5-7(11-13-3-4-14-11)8(12)6-10(9)16-2;1-12-8-3-6(5-10)7(11)4-9(8)13-2;3-1-2-4/h5-6H,3-4,12H2,1-2H3,(H,13,14);3-4H,11H2,1-2H3;1-4H2. The third-order valence-electron chi connectivity index (χ3n) is 4.33. The molecule has 0 atom stereocenters. The van der Waals surface area contributed by atoms with Gasteiger partial charge in [0, 0.05) is 49.1 Å². The Morgan fingerprint density at radius 2 is 1.33 bits per heavy atom. The van der Waals surface area contributed by atoms with Crippen molar-refractivity contribution in [3.05, 3.63) is 35.4 Å². The van der Waals surface area contributed by atoms with E-state index in [0.717, 1.165) is 24.5 Å². The van der Waals surface area contributed by atoms with E-state index in [-0.39, 0.29) is 0 Å². The minimum absolute atomic E-state index is 0.387. The fourth-order valence-electron chi connectivity index (χ4n) is 2.67. The van der Waals surface area contributed by atoms with Gasteiger partial charge in [-0.1, -0.05) is 0 Å². The van der Waals surface area contributed by atoms with Crippen LogP contribution >= 0.6 is 0 Å². The zero-order valence-electron chi connectivity index (χ0n) is 19.5. The summed E-state index contributed by atoms with van der Waals surface area (Å²) < 4.78 is 20.4. The highest BCUT2D eigenvalue weighted by atomic mass is 16.5. The first kappa shape index (κ1) is 27.2. The van der Waals surface area contributed by atoms with Crippen LogP contribution in [0.15, 0.2) is 29.3 Å². The van der Waals surface area contributed by atoms with E-state index in [4.69, 9.17) is 47.1 Å². The van der Waals surface area contributed by atoms with Crippen molar-refractivity contribution in [2.24, 2.45) is 16.5 Å². The first-order valence-corrected chi connectivity index (χ1v) is 10.0. The quantitative estimate of drug-likeness (QED) is 0.384. The Morgan fingerprint density at radius 1 is 0.848 bits per heavy atom. The molecule has 0 radical (unpaired) electrons. The summed E-state index contributed by atoms with van der Waals surface area (Å²) in [4.78, 5) is 4.33. The number of nitrogen functional groups attached to an aromatic ring is 2. The molecule has 33 heavy (non-hydrogen) atoms. The second kappa shape index (κ2) is 14.2. The van der Waals surface area contributed by atoms with Crippen molar-refractivity contribution in [3.63, 3.8) is 0 Å². The molecule has 2 aromatic rings. The Balaban J connectivity index is 0.000000289. The number of rotatable bonds is 6. The number of aliphatic imine (C=N–C) groups is 1. The van der Waals surface area contributed by atoms with Crippen LogP contribution in [0.3, 0.4) is 0 Å². The number of ether oxygens (including phenoxy) is 4. The highest BCUT2D eigenvalue weighted by molar-refractivity contribution is 6.04. The molecule has 11 nitrogen and oxygen atoms in total. The molecule has 0 aliphatic carbocycles. The minimum Gasteiger partial charge on any atom is -0.493 e. The van der Waals surface area contributed by atoms with Crippen LogP contribution in [-0.4, -0.2) is 60.5 Å². The molecule has 0 fully saturated rings. The third kappa shape index (κ3) is 7.64. The van der Waals surface area contributed by atoms with Crippen LogP contribution in [0.2, 0.25) is 0 Å². The molecular formula is C22H33N7O4. The normalized spacial score (nSPS) is 11.4. The number of hydrogen-bond acceptors (Lipinski definition) is 11. The maximum absolute atomic E-state index is 8.68. The van der Waals surface area contributed by atoms with Crippen LogP contribution in [0.25, 0.3) is 0 Å². The lowest BCUT2D eigenvalue weighted by molar-refractivity contribution is 0.355. The van der Waals surface area contributed by atoms with E-state index in [2.05, 4.69) is 10.3 Å². The van der Waals surface area contributed by atoms with Crippen LogP contribution in [0.4, 0.5) is 11.4 Å². The van der Waals surface area contributed by atoms with Gasteiger partial charge in [0.25, 0.3) is 0 Å². The number of amidine groups is 1. The predicted octanol–water partition coefficient (Wildman–Crippen LogP) is 0.697. The number of benzene rings is 2. The van der Waals surface area contributed by atoms with Gasteiger partial charge in [0.1, 0.15) is 11.9 Å². The van der Waals surface area contributed by atoms with Crippen molar-refractivity contribution in [2.45, 2.75) is 0 Å². The molecule has 0 unspecified atom stereocenters. The van der Waals surface area contributed by atoms with Gasteiger partial charge in [0.05, 0.1) is 46.2 Å². The van der Waals surface area contributed by atoms with E-state index in [9.17, 15) is 0 Å². The Hall–Kier alpha value is -3.88. The fraction of sp³-hybridized carbons (Fsp3) is 0.364. The van der Waals surface area contributed by atoms with E-state index in [1.165, 1.54) is 14.2 Å². The van der Waals surface area contributed by atoms with E-state index in [1.807, 2.05) is 12.1 Å². The molecule has 0 saturated carbocycles. The van der Waals surface area contributed by atoms with Crippen LogP contribution < -0.4 is 47.2 Å². The largest absolute Gasteiger partial charge is 0.493 e. The van der Waals surface area contributed by atoms with Crippen molar-refractivity contribution >= 4 is 17.2 Å². The van der Waals surface area contributed by atoms with Crippen LogP contribution in [-0.2, 0) is 0 Å². The molecule has 1 heterocycles. The van der Waals surface area contributed by atoms with Gasteiger partial charge in [-0.15, -0.1) is 0 Å². The smallest absolute Gasteiger partial charge is 0.162 e. The van der Waals surface area contributed by atoms with Crippen molar-refractivity contribution in [2.75, 3.05) is 66.1 Å². The van der Waals surface area contributed by atoms with E-state index < -0.39 is 0 Å². The van der Waals surface area contributed by atoms with Gasteiger partial charge in [-0.3, -0.25) is 4.99 Å². The van der Waals surface area contributed by atoms with Crippen molar-refractivity contribution in [1.29, 1.82) is 5.26 Å². The molecule has 1 aliphatic heterocycles. The first-order chi connectivity index (χ1) is 15.9. The number of methoxy groups -OCH3 is 4. The van der Waals surface area contributed by atoms with Gasteiger partial charge in [-0.05, 0) is 6.07 Å². The lowest BCUT2D eigenvalue weighted by atomic mass is 10.1. The molecule has 0 bridgehead atoms. The second-order valence-electron chi connectivity index (χ2n) is 6.44. The summed E-state index contributed by atoms with van der Waals surface area (Å²) in [5, 5.41) is 11.9. The number of nitrogens with one attached hydrogen (secondary N) is 1. The molecule has 0 saturated heterocycles. The van der Waals surface area contributed by atoms with E-state index >= 15 is 0 Å². The zero-order valence-corrected chi connectivity index (χ0v) is 19.5. The molecule has 0 aromatic heterocycles. The van der Waals surface area contributed by atoms with E-state index in [0.29, 0.717) is 53.0 Å². The number of hydrogen-bond donors (Lipinski definition) is 5. The van der Waals surface area contributed by atoms with Crippen molar-refractivity contribution in [1.82, 2.24) is 5.32 Å². The van der Waals surface area contributed by atoms with Gasteiger partial charge < -0.3 is 47.2 Å². The van der Waals surface area contributed by atoms with Crippen LogP contribution in [0.5, 0.6) is 23.0 Å². The Labute approximate surface area is 194 Å². The number of nitrogens with two attached hydrogens (primary N) is 4. The lowest BCUT2D eigenvalue weighted by Gasteiger charge is -2.12. The highest BCUT2D eigenvalue weighted by Gasteiger charge is 2.15. The Morgan fingerprint density at radius 3 is 1.76 bits per heavy atom. The molecule has 3 rings (SSSR count). The van der Waals surface area contributed by atoms with Gasteiger partial charge in [-0.25, -0.2) is 0 Å². The highest BCUT2D eigenvalue weighted by Crippen LogP contribution is 2.32. The second-order valence-corrected chi connectivity index (χ2v) is 6.44. The van der Waals surface area contributed by atoms with Crippen LogP contribution in [0.1, 0.15) is 11.1 Å². The van der Waals surface area contributed by atoms with Gasteiger partial charge in [-0.2, -0.15) is 5.26 Å². The average molecular weight is 460 g/mol. The SMILES string of the molecule is COc1cc(N)c(C#N)cc1OC.COc1cc(N)c(C2=NCCN2)cc1OC.NCCN. The topological polar surface area (TPSA) is 189 Å². The molecule has 11 heteroatoms. The van der Waals surface area contributed by atoms with Gasteiger partial charge in [0.15, 0.2) is 23.0 Å². The predicted molar refractivity (Wildman–Crippen MR) is 130 cm³/mol. The summed E-state index contributed by atoms with van der Waals surface area (Å²) in [5.74, 6) is 3.14. The monoisotopic (exact) mass is 459 g/mol. The molecule has 0 amide bonds. The summed E-state index contributed by atoms with van der Waals surface area (Å²) in [6, 6.07) is 8.66. The Kier molecular flexibility index (Phi) is 11.7. The fourth-order valence-corrected chi connectivity index (χ4v) is 2.67. The number of nitrogens with zero attached hydrogens (tertiary/aromatic N) is 2. The summed E-state index contributed by atoms with van der Waals surface area (Å²) in [6.45, 7) is 2.83. The van der Waals surface area contributed by atoms with E-state index in [1.54, 1.807) is 32.4 Å². The lowest BCUT2D eigenvalue weighted by Crippen LogP contribution is -2.20. The van der Waals surface area contributed by atoms with Crippen LogP contribution in [0, 0.1) is 11.3 Å². The minimum atomic E-state index is 0.387. The first-order valence-electron chi connectivity index (χ1n) is 10.0. The third-order valence-corrected chi connectivity index (χ3v) is 4.33. The summed E-state index contributed by atoms with van der Waals surface area (Å²) >= 11 is 0. The molecular weight excluding hydrogens is 426 g/mol. The summed E-state index contributed by atoms with van der Waals surface area (Å²) in [5.41, 5.74) is 23.6. The Bertz CT molecular complexity index is 972. The van der Waals surface area contributed by atoms with Crippen molar-refractivity contribution < 1.29 is 18.9 Å². The molecule has 0 spiro atoms. The zero-order chi connectivity index (χ0) is 24.8. The maximum atomic E-state index is 8.68. The molecule has 9 N–H and O–H groups in total. The molecule has 1 aliphatic rings.